The highest BCUT2D eigenvalue weighted by atomic mass is 35.5. The van der Waals surface area contributed by atoms with Crippen LogP contribution in [0.2, 0.25) is 5.02 Å². The number of ether oxygens (including phenoxy) is 1. The zero-order valence-corrected chi connectivity index (χ0v) is 18.3. The van der Waals surface area contributed by atoms with Gasteiger partial charge in [-0.1, -0.05) is 30.9 Å². The lowest BCUT2D eigenvalue weighted by molar-refractivity contribution is -0.145. The molecule has 0 spiro atoms. The van der Waals surface area contributed by atoms with Gasteiger partial charge in [0.1, 0.15) is 17.2 Å². The Morgan fingerprint density at radius 1 is 1.21 bits per heavy atom. The third-order valence-electron chi connectivity index (χ3n) is 5.41. The maximum atomic E-state index is 14.5. The Morgan fingerprint density at radius 3 is 2.62 bits per heavy atom. The van der Waals surface area contributed by atoms with Gasteiger partial charge in [-0.3, -0.25) is 9.48 Å². The van der Waals surface area contributed by atoms with E-state index in [1.165, 1.54) is 6.07 Å². The van der Waals surface area contributed by atoms with Gasteiger partial charge >= 0.3 is 6.18 Å². The molecule has 0 bridgehead atoms. The molecule has 3 aromatic rings. The van der Waals surface area contributed by atoms with Gasteiger partial charge in [0.15, 0.2) is 17.3 Å². The van der Waals surface area contributed by atoms with Crippen LogP contribution in [0.5, 0.6) is 11.6 Å². The lowest BCUT2D eigenvalue weighted by atomic mass is 9.95. The molecule has 1 aromatic carbocycles. The molecule has 34 heavy (non-hydrogen) atoms. The summed E-state index contributed by atoms with van der Waals surface area (Å²) in [5.41, 5.74) is 3.71. The summed E-state index contributed by atoms with van der Waals surface area (Å²) in [6.07, 6.45) is 0.836. The number of nitrogen functional groups attached to an aromatic ring is 1. The number of alkyl halides is 3. The molecule has 3 N–H and O–H groups in total. The van der Waals surface area contributed by atoms with E-state index in [0.29, 0.717) is 12.8 Å². The first kappa shape index (κ1) is 23.7. The molecule has 1 aliphatic carbocycles. The van der Waals surface area contributed by atoms with E-state index in [-0.39, 0.29) is 28.2 Å². The number of hydrogen-bond donors (Lipinski definition) is 2. The fourth-order valence-electron chi connectivity index (χ4n) is 3.81. The molecule has 1 amide bonds. The van der Waals surface area contributed by atoms with Crippen LogP contribution in [-0.2, 0) is 6.18 Å². The van der Waals surface area contributed by atoms with Gasteiger partial charge < -0.3 is 15.8 Å². The Labute approximate surface area is 196 Å². The first-order chi connectivity index (χ1) is 16.1. The Balaban J connectivity index is 1.55. The number of hydrogen-bond acceptors (Lipinski definition) is 6. The van der Waals surface area contributed by atoms with Crippen LogP contribution in [0.1, 0.15) is 54.2 Å². The lowest BCUT2D eigenvalue weighted by Crippen LogP contribution is -2.24. The van der Waals surface area contributed by atoms with E-state index in [4.69, 9.17) is 22.1 Å². The fraction of sp³-hybridized carbons (Fsp3) is 0.333. The molecule has 0 radical (unpaired) electrons. The molecule has 2 aromatic heterocycles. The van der Waals surface area contributed by atoms with Gasteiger partial charge in [0.25, 0.3) is 5.91 Å². The molecular weight excluding hydrogens is 480 g/mol. The van der Waals surface area contributed by atoms with Gasteiger partial charge in [-0.2, -0.15) is 23.3 Å². The van der Waals surface area contributed by atoms with Crippen molar-refractivity contribution in [1.29, 1.82) is 0 Å². The predicted octanol–water partition coefficient (Wildman–Crippen LogP) is 5.62. The normalized spacial score (nSPS) is 14.7. The van der Waals surface area contributed by atoms with Crippen LogP contribution in [0.15, 0.2) is 30.7 Å². The summed E-state index contributed by atoms with van der Waals surface area (Å²) in [7, 11) is 0. The summed E-state index contributed by atoms with van der Waals surface area (Å²) in [4.78, 5) is 20.1. The van der Waals surface area contributed by atoms with E-state index in [0.717, 1.165) is 48.6 Å². The highest BCUT2D eigenvalue weighted by Gasteiger charge is 2.41. The molecule has 8 nitrogen and oxygen atoms in total. The van der Waals surface area contributed by atoms with Crippen LogP contribution in [0.4, 0.5) is 29.1 Å². The zero-order valence-electron chi connectivity index (χ0n) is 17.6. The number of anilines is 2. The minimum absolute atomic E-state index is 0.0646. The fourth-order valence-corrected chi connectivity index (χ4v) is 3.95. The Bertz CT molecular complexity index is 1210. The molecule has 1 aliphatic rings. The average Bonchev–Trinajstić information content (AvgIpc) is 3.25. The SMILES string of the molecule is Nc1ncnc(Oc2ccc(NC(=O)c3cnn(C4CCCCC4)c3C(F)(F)F)cc2F)c1Cl. The van der Waals surface area contributed by atoms with Crippen molar-refractivity contribution >= 4 is 29.0 Å². The maximum absolute atomic E-state index is 14.5. The van der Waals surface area contributed by atoms with E-state index in [1.54, 1.807) is 0 Å². The summed E-state index contributed by atoms with van der Waals surface area (Å²) in [6, 6.07) is 2.89. The van der Waals surface area contributed by atoms with Crippen LogP contribution in [0, 0.1) is 5.82 Å². The number of nitrogens with one attached hydrogen (secondary N) is 1. The number of rotatable bonds is 5. The number of benzene rings is 1. The number of amides is 1. The molecule has 0 aliphatic heterocycles. The van der Waals surface area contributed by atoms with E-state index in [2.05, 4.69) is 20.4 Å². The van der Waals surface area contributed by atoms with Gasteiger partial charge in [-0.05, 0) is 25.0 Å². The third kappa shape index (κ3) is 4.91. The second-order valence-corrected chi connectivity index (χ2v) is 8.10. The first-order valence-corrected chi connectivity index (χ1v) is 10.7. The van der Waals surface area contributed by atoms with Crippen LogP contribution in [0.25, 0.3) is 0 Å². The van der Waals surface area contributed by atoms with Gasteiger partial charge in [-0.25, -0.2) is 9.37 Å². The topological polar surface area (TPSA) is 108 Å². The maximum Gasteiger partial charge on any atom is 0.433 e. The molecule has 0 saturated heterocycles. The summed E-state index contributed by atoms with van der Waals surface area (Å²) < 4.78 is 62.2. The third-order valence-corrected chi connectivity index (χ3v) is 5.77. The Kier molecular flexibility index (Phi) is 6.60. The standard InChI is InChI=1S/C21H19ClF4N6O2/c22-16-18(27)28-10-29-20(16)34-15-7-6-11(8-14(15)23)31-19(33)13-9-30-32(17(13)21(24,25)26)12-4-2-1-3-5-12/h6-10,12H,1-5H2,(H,31,33)(H2,27,28,29). The van der Waals surface area contributed by atoms with E-state index < -0.39 is 35.2 Å². The first-order valence-electron chi connectivity index (χ1n) is 10.3. The number of aromatic nitrogens is 4. The van der Waals surface area contributed by atoms with E-state index >= 15 is 0 Å². The summed E-state index contributed by atoms with van der Waals surface area (Å²) >= 11 is 5.92. The van der Waals surface area contributed by atoms with Crippen molar-refractivity contribution in [2.24, 2.45) is 0 Å². The molecule has 2 heterocycles. The van der Waals surface area contributed by atoms with Gasteiger partial charge in [0.2, 0.25) is 5.88 Å². The number of nitrogens with zero attached hydrogens (tertiary/aromatic N) is 4. The van der Waals surface area contributed by atoms with Gasteiger partial charge in [-0.15, -0.1) is 0 Å². The van der Waals surface area contributed by atoms with Crippen LogP contribution in [-0.4, -0.2) is 25.7 Å². The molecule has 0 unspecified atom stereocenters. The van der Waals surface area contributed by atoms with Gasteiger partial charge in [0.05, 0.1) is 17.8 Å². The second-order valence-electron chi connectivity index (χ2n) is 7.72. The molecule has 0 atom stereocenters. The van der Waals surface area contributed by atoms with Crippen LogP contribution >= 0.6 is 11.6 Å². The molecule has 1 fully saturated rings. The van der Waals surface area contributed by atoms with Crippen LogP contribution in [0.3, 0.4) is 0 Å². The molecule has 13 heteroatoms. The zero-order chi connectivity index (χ0) is 24.5. The summed E-state index contributed by atoms with van der Waals surface area (Å²) in [6.45, 7) is 0. The number of carbonyl (C=O) groups excluding carboxylic acids is 1. The van der Waals surface area contributed by atoms with Crippen molar-refractivity contribution in [3.8, 4) is 11.6 Å². The van der Waals surface area contributed by atoms with Gasteiger partial charge in [0, 0.05) is 11.8 Å². The van der Waals surface area contributed by atoms with Crippen molar-refractivity contribution in [3.63, 3.8) is 0 Å². The monoisotopic (exact) mass is 498 g/mol. The van der Waals surface area contributed by atoms with Crippen molar-refractivity contribution in [1.82, 2.24) is 19.7 Å². The quantitative estimate of drug-likeness (QED) is 0.442. The van der Waals surface area contributed by atoms with Crippen LogP contribution < -0.4 is 15.8 Å². The minimum Gasteiger partial charge on any atom is -0.434 e. The Hall–Kier alpha value is -3.41. The van der Waals surface area contributed by atoms with Crippen molar-refractivity contribution in [2.75, 3.05) is 11.1 Å². The Morgan fingerprint density at radius 2 is 1.94 bits per heavy atom. The second kappa shape index (κ2) is 9.45. The summed E-state index contributed by atoms with van der Waals surface area (Å²) in [5.74, 6) is -2.52. The van der Waals surface area contributed by atoms with Crippen molar-refractivity contribution < 1.29 is 27.1 Å². The lowest BCUT2D eigenvalue weighted by Gasteiger charge is -2.24. The number of nitrogens with two attached hydrogens (primary N) is 1. The van der Waals surface area contributed by atoms with Crippen molar-refractivity contribution in [2.45, 2.75) is 44.3 Å². The van der Waals surface area contributed by atoms with Crippen molar-refractivity contribution in [3.05, 3.63) is 52.8 Å². The molecular formula is C21H19ClF4N6O2. The number of carbonyl (C=O) groups is 1. The molecule has 4 rings (SSSR count). The highest BCUT2D eigenvalue weighted by molar-refractivity contribution is 6.34. The highest BCUT2D eigenvalue weighted by Crippen LogP contribution is 2.38. The smallest absolute Gasteiger partial charge is 0.433 e. The van der Waals surface area contributed by atoms with E-state index in [9.17, 15) is 22.4 Å². The minimum atomic E-state index is -4.79. The molecule has 1 saturated carbocycles. The molecule has 180 valence electrons. The predicted molar refractivity (Wildman–Crippen MR) is 115 cm³/mol. The number of halogens is 5. The largest absolute Gasteiger partial charge is 0.434 e. The van der Waals surface area contributed by atoms with E-state index in [1.807, 2.05) is 0 Å². The summed E-state index contributed by atoms with van der Waals surface area (Å²) in [5, 5.41) is 6.03. The average molecular weight is 499 g/mol.